The number of non-ortho nitro benzene ring substituents is 1. The number of hydrogen-bond donors (Lipinski definition) is 2. The fourth-order valence-corrected chi connectivity index (χ4v) is 5.38. The highest BCUT2D eigenvalue weighted by Gasteiger charge is 2.33. The molecule has 186 valence electrons. The summed E-state index contributed by atoms with van der Waals surface area (Å²) in [7, 11) is -3.46. The van der Waals surface area contributed by atoms with E-state index in [0.29, 0.717) is 23.3 Å². The van der Waals surface area contributed by atoms with Gasteiger partial charge in [-0.05, 0) is 56.2 Å². The third-order valence-corrected chi connectivity index (χ3v) is 7.78. The SMILES string of the molecule is Cc1ccc(C(=O)N/C(=C/c2ccc(-c3ccc([N+](=O)[O-])cc3)o2)C(=O)N[C@@H]2CCCS2(=O)=O)cc1. The number of nitro groups is 1. The summed E-state index contributed by atoms with van der Waals surface area (Å²) in [5, 5.41) is 14.9. The topological polar surface area (TPSA) is 149 Å². The molecule has 0 unspecified atom stereocenters. The smallest absolute Gasteiger partial charge is 0.269 e. The summed E-state index contributed by atoms with van der Waals surface area (Å²) in [4.78, 5) is 36.2. The van der Waals surface area contributed by atoms with Gasteiger partial charge in [0.25, 0.3) is 17.5 Å². The van der Waals surface area contributed by atoms with Gasteiger partial charge in [-0.2, -0.15) is 0 Å². The number of carbonyl (C=O) groups is 2. The Bertz CT molecular complexity index is 1440. The standard InChI is InChI=1S/C25H23N3O7S/c1-16-4-6-18(7-5-16)24(29)26-21(25(30)27-23-3-2-14-36(23,33)34)15-20-12-13-22(35-20)17-8-10-19(11-9-17)28(31)32/h4-13,15,23H,2-3,14H2,1H3,(H,26,29)(H,27,30)/b21-15+/t23-/m0/s1. The zero-order chi connectivity index (χ0) is 25.9. The average Bonchev–Trinajstić information content (AvgIpc) is 3.45. The van der Waals surface area contributed by atoms with Gasteiger partial charge in [0, 0.05) is 29.3 Å². The van der Waals surface area contributed by atoms with E-state index in [1.165, 1.54) is 30.3 Å². The van der Waals surface area contributed by atoms with Crippen LogP contribution in [0.2, 0.25) is 0 Å². The van der Waals surface area contributed by atoms with Crippen molar-refractivity contribution in [2.45, 2.75) is 25.1 Å². The number of nitro benzene ring substituents is 1. The van der Waals surface area contributed by atoms with Crippen LogP contribution in [0.3, 0.4) is 0 Å². The minimum absolute atomic E-state index is 0.0104. The molecule has 0 spiro atoms. The van der Waals surface area contributed by atoms with Crippen molar-refractivity contribution < 1.29 is 27.3 Å². The van der Waals surface area contributed by atoms with E-state index in [-0.39, 0.29) is 29.3 Å². The molecule has 1 aliphatic heterocycles. The van der Waals surface area contributed by atoms with E-state index < -0.39 is 31.9 Å². The van der Waals surface area contributed by atoms with Crippen LogP contribution >= 0.6 is 0 Å². The molecule has 0 bridgehead atoms. The van der Waals surface area contributed by atoms with E-state index in [1.807, 2.05) is 6.92 Å². The van der Waals surface area contributed by atoms with Crippen LogP contribution in [0.25, 0.3) is 17.4 Å². The minimum Gasteiger partial charge on any atom is -0.457 e. The summed E-state index contributed by atoms with van der Waals surface area (Å²) in [6.07, 6.45) is 2.04. The fourth-order valence-electron chi connectivity index (χ4n) is 3.71. The first-order chi connectivity index (χ1) is 17.1. The molecular weight excluding hydrogens is 486 g/mol. The number of rotatable bonds is 7. The second kappa shape index (κ2) is 10.2. The lowest BCUT2D eigenvalue weighted by Crippen LogP contribution is -2.42. The largest absolute Gasteiger partial charge is 0.457 e. The van der Waals surface area contributed by atoms with Gasteiger partial charge in [-0.25, -0.2) is 8.42 Å². The van der Waals surface area contributed by atoms with Crippen LogP contribution < -0.4 is 10.6 Å². The van der Waals surface area contributed by atoms with Gasteiger partial charge in [-0.15, -0.1) is 0 Å². The number of hydrogen-bond acceptors (Lipinski definition) is 7. The van der Waals surface area contributed by atoms with Gasteiger partial charge in [0.05, 0.1) is 10.7 Å². The molecule has 1 aromatic heterocycles. The molecule has 1 saturated heterocycles. The number of amides is 2. The van der Waals surface area contributed by atoms with Crippen molar-refractivity contribution in [1.82, 2.24) is 10.6 Å². The molecule has 36 heavy (non-hydrogen) atoms. The molecule has 11 heteroatoms. The Labute approximate surface area is 207 Å². The molecule has 2 N–H and O–H groups in total. The molecule has 1 aliphatic rings. The lowest BCUT2D eigenvalue weighted by atomic mass is 10.1. The van der Waals surface area contributed by atoms with Gasteiger partial charge < -0.3 is 15.1 Å². The first kappa shape index (κ1) is 24.9. The van der Waals surface area contributed by atoms with Crippen LogP contribution in [0.4, 0.5) is 5.69 Å². The van der Waals surface area contributed by atoms with Crippen molar-refractivity contribution in [3.05, 3.63) is 93.4 Å². The molecule has 1 atom stereocenters. The van der Waals surface area contributed by atoms with Crippen LogP contribution in [0, 0.1) is 17.0 Å². The van der Waals surface area contributed by atoms with Crippen LogP contribution in [0.15, 0.2) is 70.8 Å². The predicted octanol–water partition coefficient (Wildman–Crippen LogP) is 3.59. The average molecular weight is 510 g/mol. The lowest BCUT2D eigenvalue weighted by molar-refractivity contribution is -0.384. The fraction of sp³-hybridized carbons (Fsp3) is 0.200. The Morgan fingerprint density at radius 1 is 1.06 bits per heavy atom. The van der Waals surface area contributed by atoms with Crippen molar-refractivity contribution in [2.75, 3.05) is 5.75 Å². The van der Waals surface area contributed by atoms with Crippen molar-refractivity contribution in [3.63, 3.8) is 0 Å². The molecule has 0 aliphatic carbocycles. The van der Waals surface area contributed by atoms with Crippen molar-refractivity contribution >= 4 is 33.4 Å². The maximum atomic E-state index is 13.0. The second-order valence-electron chi connectivity index (χ2n) is 8.36. The highest BCUT2D eigenvalue weighted by Crippen LogP contribution is 2.25. The predicted molar refractivity (Wildman–Crippen MR) is 132 cm³/mol. The monoisotopic (exact) mass is 509 g/mol. The third-order valence-electron chi connectivity index (χ3n) is 5.70. The number of sulfone groups is 1. The summed E-state index contributed by atoms with van der Waals surface area (Å²) in [5.41, 5.74) is 1.60. The molecule has 0 saturated carbocycles. The van der Waals surface area contributed by atoms with Crippen molar-refractivity contribution in [2.24, 2.45) is 0 Å². The molecule has 1 fully saturated rings. The molecule has 0 radical (unpaired) electrons. The van der Waals surface area contributed by atoms with E-state index in [4.69, 9.17) is 4.42 Å². The lowest BCUT2D eigenvalue weighted by Gasteiger charge is -2.15. The Morgan fingerprint density at radius 2 is 1.75 bits per heavy atom. The Morgan fingerprint density at radius 3 is 2.36 bits per heavy atom. The Balaban J connectivity index is 1.61. The summed E-state index contributed by atoms with van der Waals surface area (Å²) in [5.74, 6) is -0.720. The quantitative estimate of drug-likeness (QED) is 0.281. The molecule has 2 amide bonds. The highest BCUT2D eigenvalue weighted by atomic mass is 32.2. The number of benzene rings is 2. The van der Waals surface area contributed by atoms with E-state index in [2.05, 4.69) is 10.6 Å². The van der Waals surface area contributed by atoms with Gasteiger partial charge >= 0.3 is 0 Å². The van der Waals surface area contributed by atoms with Gasteiger partial charge in [0.15, 0.2) is 9.84 Å². The molecule has 4 rings (SSSR count). The first-order valence-corrected chi connectivity index (χ1v) is 12.8. The first-order valence-electron chi connectivity index (χ1n) is 11.1. The summed E-state index contributed by atoms with van der Waals surface area (Å²) in [6, 6.07) is 15.7. The van der Waals surface area contributed by atoms with E-state index in [9.17, 15) is 28.1 Å². The molecule has 3 aromatic rings. The molecule has 2 heterocycles. The molecular formula is C25H23N3O7S. The van der Waals surface area contributed by atoms with Crippen LogP contribution in [0.5, 0.6) is 0 Å². The van der Waals surface area contributed by atoms with Gasteiger partial charge in [-0.3, -0.25) is 19.7 Å². The highest BCUT2D eigenvalue weighted by molar-refractivity contribution is 7.92. The summed E-state index contributed by atoms with van der Waals surface area (Å²) < 4.78 is 30.2. The zero-order valence-electron chi connectivity index (χ0n) is 19.3. The van der Waals surface area contributed by atoms with Crippen molar-refractivity contribution in [1.29, 1.82) is 0 Å². The van der Waals surface area contributed by atoms with Crippen LogP contribution in [0.1, 0.15) is 34.5 Å². The summed E-state index contributed by atoms with van der Waals surface area (Å²) >= 11 is 0. The molecule has 10 nitrogen and oxygen atoms in total. The summed E-state index contributed by atoms with van der Waals surface area (Å²) in [6.45, 7) is 1.88. The maximum Gasteiger partial charge on any atom is 0.269 e. The number of nitrogens with zero attached hydrogens (tertiary/aromatic N) is 1. The van der Waals surface area contributed by atoms with E-state index in [0.717, 1.165) is 5.56 Å². The van der Waals surface area contributed by atoms with Gasteiger partial charge in [0.1, 0.15) is 22.6 Å². The maximum absolute atomic E-state index is 13.0. The van der Waals surface area contributed by atoms with E-state index in [1.54, 1.807) is 36.4 Å². The Kier molecular flexibility index (Phi) is 7.02. The van der Waals surface area contributed by atoms with Crippen LogP contribution in [-0.2, 0) is 14.6 Å². The normalized spacial score (nSPS) is 16.9. The van der Waals surface area contributed by atoms with Gasteiger partial charge in [-0.1, -0.05) is 17.7 Å². The number of aryl methyl sites for hydroxylation is 1. The van der Waals surface area contributed by atoms with Crippen LogP contribution in [-0.4, -0.2) is 36.3 Å². The minimum atomic E-state index is -3.46. The van der Waals surface area contributed by atoms with Crippen molar-refractivity contribution in [3.8, 4) is 11.3 Å². The zero-order valence-corrected chi connectivity index (χ0v) is 20.1. The number of furan rings is 1. The molecule has 2 aromatic carbocycles. The number of nitrogens with one attached hydrogen (secondary N) is 2. The van der Waals surface area contributed by atoms with Gasteiger partial charge in [0.2, 0.25) is 0 Å². The van der Waals surface area contributed by atoms with E-state index >= 15 is 0 Å². The number of carbonyl (C=O) groups excluding carboxylic acids is 2. The second-order valence-corrected chi connectivity index (χ2v) is 10.7. The Hall–Kier alpha value is -4.25. The third kappa shape index (κ3) is 5.69.